The molecule has 5 nitrogen and oxygen atoms in total. The molecular formula is C21H30ClN3O2. The number of nitrogens with zero attached hydrogens (tertiary/aromatic N) is 2. The number of rotatable bonds is 2. The first-order chi connectivity index (χ1) is 12.5. The minimum absolute atomic E-state index is 0. The third kappa shape index (κ3) is 3.59. The Bertz CT molecular complexity index is 680. The summed E-state index contributed by atoms with van der Waals surface area (Å²) in [6.45, 7) is 6.46. The molecular weight excluding hydrogens is 362 g/mol. The maximum Gasteiger partial charge on any atom is 0.254 e. The molecule has 0 aliphatic carbocycles. The van der Waals surface area contributed by atoms with Crippen molar-refractivity contribution >= 4 is 24.2 Å². The summed E-state index contributed by atoms with van der Waals surface area (Å²) < 4.78 is 0. The first-order valence-corrected chi connectivity index (χ1v) is 9.91. The number of likely N-dealkylation sites (tertiary alicyclic amines) is 2. The van der Waals surface area contributed by atoms with E-state index in [0.29, 0.717) is 17.5 Å². The molecule has 1 unspecified atom stereocenters. The molecule has 1 aromatic carbocycles. The van der Waals surface area contributed by atoms with E-state index in [4.69, 9.17) is 0 Å². The van der Waals surface area contributed by atoms with Gasteiger partial charge in [0.2, 0.25) is 5.91 Å². The fraction of sp³-hybridized carbons (Fsp3) is 0.619. The summed E-state index contributed by atoms with van der Waals surface area (Å²) in [5.74, 6) is 0.118. The van der Waals surface area contributed by atoms with E-state index in [2.05, 4.69) is 5.32 Å². The molecule has 3 aliphatic heterocycles. The number of hydrogen-bond acceptors (Lipinski definition) is 3. The molecule has 6 heteroatoms. The molecule has 0 saturated carbocycles. The van der Waals surface area contributed by atoms with Crippen LogP contribution in [0.15, 0.2) is 30.3 Å². The van der Waals surface area contributed by atoms with E-state index in [1.807, 2.05) is 47.1 Å². The fourth-order valence-corrected chi connectivity index (χ4v) is 4.99. The van der Waals surface area contributed by atoms with Crippen LogP contribution in [-0.4, -0.2) is 59.9 Å². The predicted octanol–water partition coefficient (Wildman–Crippen LogP) is 2.71. The normalized spacial score (nSPS) is 26.9. The highest BCUT2D eigenvalue weighted by molar-refractivity contribution is 5.99. The second kappa shape index (κ2) is 7.80. The monoisotopic (exact) mass is 391 g/mol. The first-order valence-electron chi connectivity index (χ1n) is 9.91. The molecule has 3 saturated heterocycles. The van der Waals surface area contributed by atoms with Gasteiger partial charge < -0.3 is 15.1 Å². The SMILES string of the molecule is CC1(C(=O)N2CCC3(CCNC3)CC2)CCCN1C(=O)c1ccccc1.Cl. The van der Waals surface area contributed by atoms with Gasteiger partial charge in [-0.25, -0.2) is 0 Å². The van der Waals surface area contributed by atoms with Crippen molar-refractivity contribution in [3.8, 4) is 0 Å². The van der Waals surface area contributed by atoms with Crippen molar-refractivity contribution in [1.82, 2.24) is 15.1 Å². The molecule has 3 aliphatic rings. The summed E-state index contributed by atoms with van der Waals surface area (Å²) in [5.41, 5.74) is 0.362. The van der Waals surface area contributed by atoms with E-state index in [1.165, 1.54) is 6.42 Å². The molecule has 3 fully saturated rings. The fourth-order valence-electron chi connectivity index (χ4n) is 4.99. The molecule has 4 rings (SSSR count). The van der Waals surface area contributed by atoms with Crippen LogP contribution in [0.1, 0.15) is 49.4 Å². The molecule has 1 N–H and O–H groups in total. The lowest BCUT2D eigenvalue weighted by molar-refractivity contribution is -0.143. The molecule has 0 aromatic heterocycles. The van der Waals surface area contributed by atoms with Crippen LogP contribution in [0.2, 0.25) is 0 Å². The summed E-state index contributed by atoms with van der Waals surface area (Å²) in [6.07, 6.45) is 5.03. The van der Waals surface area contributed by atoms with Crippen LogP contribution in [0.4, 0.5) is 0 Å². The van der Waals surface area contributed by atoms with Gasteiger partial charge in [0.1, 0.15) is 5.54 Å². The van der Waals surface area contributed by atoms with Crippen LogP contribution in [0.3, 0.4) is 0 Å². The van der Waals surface area contributed by atoms with Gasteiger partial charge in [0.25, 0.3) is 5.91 Å². The number of amides is 2. The maximum atomic E-state index is 13.4. The minimum atomic E-state index is -0.703. The second-order valence-electron chi connectivity index (χ2n) is 8.42. The maximum absolute atomic E-state index is 13.4. The van der Waals surface area contributed by atoms with Gasteiger partial charge in [0, 0.05) is 31.7 Å². The standard InChI is InChI=1S/C21H29N3O2.ClH/c1-20(8-5-13-24(20)18(25)17-6-3-2-4-7-17)19(26)23-14-10-21(11-15-23)9-12-22-16-21;/h2-4,6-7,22H,5,8-16H2,1H3;1H. The van der Waals surface area contributed by atoms with Gasteiger partial charge in [-0.05, 0) is 63.1 Å². The van der Waals surface area contributed by atoms with Crippen LogP contribution >= 0.6 is 12.4 Å². The van der Waals surface area contributed by atoms with E-state index < -0.39 is 5.54 Å². The van der Waals surface area contributed by atoms with Gasteiger partial charge in [-0.2, -0.15) is 0 Å². The molecule has 1 aromatic rings. The van der Waals surface area contributed by atoms with Crippen LogP contribution in [0.5, 0.6) is 0 Å². The van der Waals surface area contributed by atoms with Crippen molar-refractivity contribution in [1.29, 1.82) is 0 Å². The Morgan fingerprint density at radius 3 is 2.33 bits per heavy atom. The van der Waals surface area contributed by atoms with Crippen LogP contribution in [0.25, 0.3) is 0 Å². The van der Waals surface area contributed by atoms with Crippen molar-refractivity contribution in [2.75, 3.05) is 32.7 Å². The van der Waals surface area contributed by atoms with Crippen LogP contribution in [0, 0.1) is 5.41 Å². The molecule has 27 heavy (non-hydrogen) atoms. The number of nitrogens with one attached hydrogen (secondary N) is 1. The smallest absolute Gasteiger partial charge is 0.254 e. The van der Waals surface area contributed by atoms with Gasteiger partial charge in [-0.15, -0.1) is 12.4 Å². The van der Waals surface area contributed by atoms with Gasteiger partial charge >= 0.3 is 0 Å². The lowest BCUT2D eigenvalue weighted by Crippen LogP contribution is -2.58. The Morgan fingerprint density at radius 2 is 1.70 bits per heavy atom. The molecule has 3 heterocycles. The van der Waals surface area contributed by atoms with Gasteiger partial charge in [0.15, 0.2) is 0 Å². The van der Waals surface area contributed by atoms with Gasteiger partial charge in [-0.3, -0.25) is 9.59 Å². The van der Waals surface area contributed by atoms with Crippen molar-refractivity contribution in [2.45, 2.75) is 44.6 Å². The summed E-state index contributed by atoms with van der Waals surface area (Å²) in [4.78, 5) is 30.2. The van der Waals surface area contributed by atoms with Crippen molar-refractivity contribution in [3.05, 3.63) is 35.9 Å². The highest BCUT2D eigenvalue weighted by Crippen LogP contribution is 2.39. The zero-order valence-corrected chi connectivity index (χ0v) is 16.9. The van der Waals surface area contributed by atoms with Crippen molar-refractivity contribution in [2.24, 2.45) is 5.41 Å². The number of carbonyl (C=O) groups excluding carboxylic acids is 2. The zero-order chi connectivity index (χ0) is 18.2. The average Bonchev–Trinajstić information content (AvgIpc) is 3.30. The topological polar surface area (TPSA) is 52.7 Å². The lowest BCUT2D eigenvalue weighted by atomic mass is 9.77. The Kier molecular flexibility index (Phi) is 5.82. The van der Waals surface area contributed by atoms with Gasteiger partial charge in [0.05, 0.1) is 0 Å². The number of carbonyl (C=O) groups is 2. The molecule has 1 atom stereocenters. The number of hydrogen-bond donors (Lipinski definition) is 1. The minimum Gasteiger partial charge on any atom is -0.341 e. The second-order valence-corrected chi connectivity index (χ2v) is 8.42. The summed E-state index contributed by atoms with van der Waals surface area (Å²) >= 11 is 0. The molecule has 0 radical (unpaired) electrons. The number of piperidine rings is 1. The summed E-state index contributed by atoms with van der Waals surface area (Å²) in [5, 5.41) is 3.47. The highest BCUT2D eigenvalue weighted by atomic mass is 35.5. The van der Waals surface area contributed by atoms with E-state index >= 15 is 0 Å². The number of benzene rings is 1. The van der Waals surface area contributed by atoms with Crippen molar-refractivity contribution < 1.29 is 9.59 Å². The van der Waals surface area contributed by atoms with E-state index in [0.717, 1.165) is 51.9 Å². The predicted molar refractivity (Wildman–Crippen MR) is 108 cm³/mol. The lowest BCUT2D eigenvalue weighted by Gasteiger charge is -2.43. The van der Waals surface area contributed by atoms with E-state index in [9.17, 15) is 9.59 Å². The quantitative estimate of drug-likeness (QED) is 0.843. The summed E-state index contributed by atoms with van der Waals surface area (Å²) in [6, 6.07) is 9.34. The Balaban J connectivity index is 0.00000210. The highest BCUT2D eigenvalue weighted by Gasteiger charge is 2.49. The largest absolute Gasteiger partial charge is 0.341 e. The molecule has 0 bridgehead atoms. The number of halogens is 1. The zero-order valence-electron chi connectivity index (χ0n) is 16.1. The summed E-state index contributed by atoms with van der Waals surface area (Å²) in [7, 11) is 0. The van der Waals surface area contributed by atoms with Crippen molar-refractivity contribution in [3.63, 3.8) is 0 Å². The average molecular weight is 392 g/mol. The molecule has 2 amide bonds. The molecule has 1 spiro atoms. The Morgan fingerprint density at radius 1 is 1.00 bits per heavy atom. The van der Waals surface area contributed by atoms with Gasteiger partial charge in [-0.1, -0.05) is 18.2 Å². The van der Waals surface area contributed by atoms with E-state index in [1.54, 1.807) is 0 Å². The third-order valence-electron chi connectivity index (χ3n) is 6.81. The van der Waals surface area contributed by atoms with Crippen LogP contribution < -0.4 is 5.32 Å². The Labute approximate surface area is 167 Å². The first kappa shape index (κ1) is 20.2. The Hall–Kier alpha value is -1.59. The van der Waals surface area contributed by atoms with Crippen LogP contribution in [-0.2, 0) is 4.79 Å². The van der Waals surface area contributed by atoms with E-state index in [-0.39, 0.29) is 24.2 Å². The third-order valence-corrected chi connectivity index (χ3v) is 6.81. The molecule has 148 valence electrons.